The zero-order chi connectivity index (χ0) is 22.8. The van der Waals surface area contributed by atoms with Gasteiger partial charge in [0, 0.05) is 77.7 Å². The lowest BCUT2D eigenvalue weighted by molar-refractivity contribution is -0.133. The van der Waals surface area contributed by atoms with Crippen molar-refractivity contribution in [2.24, 2.45) is 0 Å². The van der Waals surface area contributed by atoms with Gasteiger partial charge in [-0.25, -0.2) is 9.78 Å². The smallest absolute Gasteiger partial charge is 0.409 e. The quantitative estimate of drug-likeness (QED) is 0.544. The minimum absolute atomic E-state index is 0.0307. The van der Waals surface area contributed by atoms with Gasteiger partial charge in [0.2, 0.25) is 5.91 Å². The van der Waals surface area contributed by atoms with Crippen LogP contribution in [0.2, 0.25) is 0 Å². The first-order valence-electron chi connectivity index (χ1n) is 11.1. The Morgan fingerprint density at radius 2 is 1.75 bits per heavy atom. The third kappa shape index (κ3) is 6.86. The van der Waals surface area contributed by atoms with Crippen molar-refractivity contribution in [3.8, 4) is 0 Å². The number of hydrogen-bond donors (Lipinski definition) is 0. The number of hydrogen-bond acceptors (Lipinski definition) is 8. The van der Waals surface area contributed by atoms with E-state index in [4.69, 9.17) is 9.47 Å². The SMILES string of the molecule is CCOC(=O)N1CCN(C(=O)CCN(CCN2CCOCC2)C(=O)c2cnccn2)CC1. The summed E-state index contributed by atoms with van der Waals surface area (Å²) in [5.41, 5.74) is 0.268. The van der Waals surface area contributed by atoms with Crippen LogP contribution in [0.25, 0.3) is 0 Å². The molecule has 176 valence electrons. The molecule has 3 heterocycles. The highest BCUT2D eigenvalue weighted by Crippen LogP contribution is 2.08. The van der Waals surface area contributed by atoms with E-state index in [1.54, 1.807) is 21.6 Å². The molecule has 32 heavy (non-hydrogen) atoms. The van der Waals surface area contributed by atoms with E-state index in [0.717, 1.165) is 13.1 Å². The Hall–Kier alpha value is -2.79. The standard InChI is InChI=1S/C21H32N6O5/c1-2-32-21(30)27-11-9-25(10-12-27)19(28)3-6-26(8-7-24-13-15-31-16-14-24)20(29)18-17-22-4-5-23-18/h4-5,17H,2-3,6-16H2,1H3. The number of nitrogens with zero attached hydrogens (tertiary/aromatic N) is 6. The molecule has 0 spiro atoms. The molecule has 3 amide bonds. The van der Waals surface area contributed by atoms with Crippen LogP contribution >= 0.6 is 0 Å². The summed E-state index contributed by atoms with van der Waals surface area (Å²) in [7, 11) is 0. The molecule has 0 unspecified atom stereocenters. The van der Waals surface area contributed by atoms with Crippen LogP contribution in [-0.4, -0.2) is 126 Å². The molecule has 1 aromatic rings. The average Bonchev–Trinajstić information content (AvgIpc) is 2.85. The molecule has 3 rings (SSSR count). The number of piperazine rings is 1. The molecule has 0 atom stereocenters. The summed E-state index contributed by atoms with van der Waals surface area (Å²) in [6.07, 6.45) is 4.33. The first-order chi connectivity index (χ1) is 15.6. The van der Waals surface area contributed by atoms with Crippen LogP contribution in [0.15, 0.2) is 18.6 Å². The Labute approximate surface area is 188 Å². The van der Waals surface area contributed by atoms with Crippen LogP contribution in [0, 0.1) is 0 Å². The van der Waals surface area contributed by atoms with E-state index >= 15 is 0 Å². The lowest BCUT2D eigenvalue weighted by atomic mass is 10.2. The zero-order valence-corrected chi connectivity index (χ0v) is 18.6. The number of rotatable bonds is 8. The molecular formula is C21H32N6O5. The van der Waals surface area contributed by atoms with Gasteiger partial charge in [-0.2, -0.15) is 0 Å². The molecule has 1 aromatic heterocycles. The van der Waals surface area contributed by atoms with E-state index in [1.165, 1.54) is 18.6 Å². The van der Waals surface area contributed by atoms with E-state index in [-0.39, 0.29) is 30.0 Å². The number of aromatic nitrogens is 2. The van der Waals surface area contributed by atoms with Crippen molar-refractivity contribution in [2.45, 2.75) is 13.3 Å². The summed E-state index contributed by atoms with van der Waals surface area (Å²) in [6.45, 7) is 8.47. The second-order valence-corrected chi connectivity index (χ2v) is 7.65. The van der Waals surface area contributed by atoms with Gasteiger partial charge in [0.15, 0.2) is 0 Å². The van der Waals surface area contributed by atoms with Gasteiger partial charge < -0.3 is 24.2 Å². The predicted octanol–water partition coefficient (Wildman–Crippen LogP) is -0.0582. The summed E-state index contributed by atoms with van der Waals surface area (Å²) < 4.78 is 10.4. The molecule has 0 radical (unpaired) electrons. The second-order valence-electron chi connectivity index (χ2n) is 7.65. The van der Waals surface area contributed by atoms with E-state index < -0.39 is 0 Å². The van der Waals surface area contributed by atoms with Crippen LogP contribution in [0.4, 0.5) is 4.79 Å². The van der Waals surface area contributed by atoms with Crippen LogP contribution in [-0.2, 0) is 14.3 Å². The summed E-state index contributed by atoms with van der Waals surface area (Å²) in [5.74, 6) is -0.261. The lowest BCUT2D eigenvalue weighted by Crippen LogP contribution is -2.51. The first-order valence-corrected chi connectivity index (χ1v) is 11.1. The molecule has 0 aliphatic carbocycles. The van der Waals surface area contributed by atoms with Gasteiger partial charge in [0.1, 0.15) is 5.69 Å². The summed E-state index contributed by atoms with van der Waals surface area (Å²) in [4.78, 5) is 53.0. The van der Waals surface area contributed by atoms with Gasteiger partial charge in [-0.05, 0) is 6.92 Å². The zero-order valence-electron chi connectivity index (χ0n) is 18.6. The maximum Gasteiger partial charge on any atom is 0.409 e. The van der Waals surface area contributed by atoms with Crippen LogP contribution < -0.4 is 0 Å². The minimum atomic E-state index is -0.344. The molecule has 0 bridgehead atoms. The maximum absolute atomic E-state index is 13.0. The Balaban J connectivity index is 1.52. The average molecular weight is 449 g/mol. The third-order valence-corrected chi connectivity index (χ3v) is 5.61. The fourth-order valence-electron chi connectivity index (χ4n) is 3.72. The number of morpholine rings is 1. The molecule has 11 heteroatoms. The summed E-state index contributed by atoms with van der Waals surface area (Å²) in [6, 6.07) is 0. The van der Waals surface area contributed by atoms with Crippen molar-refractivity contribution in [1.29, 1.82) is 0 Å². The maximum atomic E-state index is 13.0. The van der Waals surface area contributed by atoms with E-state index in [2.05, 4.69) is 14.9 Å². The van der Waals surface area contributed by atoms with Crippen LogP contribution in [0.5, 0.6) is 0 Å². The number of ether oxygens (including phenoxy) is 2. The van der Waals surface area contributed by atoms with Gasteiger partial charge >= 0.3 is 6.09 Å². The molecule has 0 aromatic carbocycles. The topological polar surface area (TPSA) is 108 Å². The van der Waals surface area contributed by atoms with E-state index in [0.29, 0.717) is 65.6 Å². The highest BCUT2D eigenvalue weighted by Gasteiger charge is 2.26. The van der Waals surface area contributed by atoms with Crippen molar-refractivity contribution >= 4 is 17.9 Å². The molecular weight excluding hydrogens is 416 g/mol. The molecule has 2 aliphatic rings. The minimum Gasteiger partial charge on any atom is -0.450 e. The fourth-order valence-corrected chi connectivity index (χ4v) is 3.72. The van der Waals surface area contributed by atoms with Crippen molar-refractivity contribution < 1.29 is 23.9 Å². The Kier molecular flexibility index (Phi) is 9.17. The van der Waals surface area contributed by atoms with Gasteiger partial charge in [0.25, 0.3) is 5.91 Å². The predicted molar refractivity (Wildman–Crippen MR) is 115 cm³/mol. The summed E-state index contributed by atoms with van der Waals surface area (Å²) in [5, 5.41) is 0. The van der Waals surface area contributed by atoms with Crippen LogP contribution in [0.3, 0.4) is 0 Å². The Bertz CT molecular complexity index is 750. The van der Waals surface area contributed by atoms with Crippen molar-refractivity contribution in [3.05, 3.63) is 24.3 Å². The molecule has 2 saturated heterocycles. The molecule has 2 fully saturated rings. The van der Waals surface area contributed by atoms with Gasteiger partial charge in [-0.1, -0.05) is 0 Å². The summed E-state index contributed by atoms with van der Waals surface area (Å²) >= 11 is 0. The van der Waals surface area contributed by atoms with Crippen LogP contribution in [0.1, 0.15) is 23.8 Å². The van der Waals surface area contributed by atoms with Gasteiger partial charge in [-0.15, -0.1) is 0 Å². The molecule has 0 N–H and O–H groups in total. The van der Waals surface area contributed by atoms with Crippen molar-refractivity contribution in [1.82, 2.24) is 29.6 Å². The van der Waals surface area contributed by atoms with Crippen molar-refractivity contribution in [3.63, 3.8) is 0 Å². The second kappa shape index (κ2) is 12.3. The van der Waals surface area contributed by atoms with Crippen molar-refractivity contribution in [2.75, 3.05) is 78.7 Å². The third-order valence-electron chi connectivity index (χ3n) is 5.61. The Morgan fingerprint density at radius 1 is 1.03 bits per heavy atom. The largest absolute Gasteiger partial charge is 0.450 e. The highest BCUT2D eigenvalue weighted by atomic mass is 16.6. The number of amides is 3. The lowest BCUT2D eigenvalue weighted by Gasteiger charge is -2.34. The molecule has 2 aliphatic heterocycles. The van der Waals surface area contributed by atoms with Gasteiger partial charge in [0.05, 0.1) is 26.0 Å². The highest BCUT2D eigenvalue weighted by molar-refractivity contribution is 5.92. The van der Waals surface area contributed by atoms with Gasteiger partial charge in [-0.3, -0.25) is 19.5 Å². The normalized spacial score (nSPS) is 17.2. The van der Waals surface area contributed by atoms with E-state index in [1.807, 2.05) is 0 Å². The molecule has 0 saturated carbocycles. The van der Waals surface area contributed by atoms with E-state index in [9.17, 15) is 14.4 Å². The first kappa shape index (κ1) is 23.9. The monoisotopic (exact) mass is 448 g/mol. The molecule has 11 nitrogen and oxygen atoms in total. The number of carbonyl (C=O) groups excluding carboxylic acids is 3. The Morgan fingerprint density at radius 3 is 2.41 bits per heavy atom. The fraction of sp³-hybridized carbons (Fsp3) is 0.667. The number of carbonyl (C=O) groups is 3.